The first kappa shape index (κ1) is 19.2. The van der Waals surface area contributed by atoms with Crippen LogP contribution in [-0.2, 0) is 25.7 Å². The number of likely N-dealkylation sites (N-methyl/N-ethyl adjacent to an activating group) is 1. The van der Waals surface area contributed by atoms with E-state index in [4.69, 9.17) is 4.74 Å². The second kappa shape index (κ2) is 8.80. The maximum Gasteiger partial charge on any atom is 0.303 e. The fourth-order valence-electron chi connectivity index (χ4n) is 2.56. The van der Waals surface area contributed by atoms with Crippen molar-refractivity contribution in [3.8, 4) is 0 Å². The molecule has 136 valence electrons. The molecule has 0 aliphatic heterocycles. The molecule has 0 radical (unpaired) electrons. The maximum atomic E-state index is 12.9. The minimum absolute atomic E-state index is 0.187. The number of para-hydroxylation sites is 1. The highest BCUT2D eigenvalue weighted by molar-refractivity contribution is 5.90. The first-order valence-corrected chi connectivity index (χ1v) is 8.21. The number of benzene rings is 2. The third-order valence-corrected chi connectivity index (χ3v) is 3.72. The Bertz CT molecular complexity index is 789. The molecule has 0 spiro atoms. The summed E-state index contributed by atoms with van der Waals surface area (Å²) >= 11 is 0. The zero-order valence-corrected chi connectivity index (χ0v) is 15.1. The van der Waals surface area contributed by atoms with E-state index in [9.17, 15) is 14.4 Å². The second-order valence-electron chi connectivity index (χ2n) is 5.93. The van der Waals surface area contributed by atoms with Gasteiger partial charge >= 0.3 is 5.97 Å². The van der Waals surface area contributed by atoms with E-state index in [1.54, 1.807) is 37.4 Å². The molecule has 6 heteroatoms. The lowest BCUT2D eigenvalue weighted by molar-refractivity contribution is -0.158. The molecule has 2 aromatic rings. The van der Waals surface area contributed by atoms with Crippen molar-refractivity contribution in [3.05, 3.63) is 65.7 Å². The summed E-state index contributed by atoms with van der Waals surface area (Å²) in [7, 11) is 1.63. The van der Waals surface area contributed by atoms with E-state index in [0.29, 0.717) is 11.3 Å². The molecule has 0 fully saturated rings. The SMILES string of the molecule is CC(=O)Nc1ccccc1CN(C)C(=O)[C@@H](OC(C)=O)c1ccccc1. The van der Waals surface area contributed by atoms with Crippen molar-refractivity contribution in [3.63, 3.8) is 0 Å². The van der Waals surface area contributed by atoms with E-state index in [1.807, 2.05) is 24.3 Å². The lowest BCUT2D eigenvalue weighted by Gasteiger charge is -2.24. The zero-order chi connectivity index (χ0) is 19.1. The minimum atomic E-state index is -1.01. The van der Waals surface area contributed by atoms with Crippen molar-refractivity contribution < 1.29 is 19.1 Å². The predicted molar refractivity (Wildman–Crippen MR) is 98.2 cm³/mol. The third-order valence-electron chi connectivity index (χ3n) is 3.72. The Morgan fingerprint density at radius 2 is 1.62 bits per heavy atom. The Hall–Kier alpha value is -3.15. The molecule has 6 nitrogen and oxygen atoms in total. The molecule has 0 saturated heterocycles. The normalized spacial score (nSPS) is 11.3. The summed E-state index contributed by atoms with van der Waals surface area (Å²) in [4.78, 5) is 37.2. The fourth-order valence-corrected chi connectivity index (χ4v) is 2.56. The molecule has 0 aliphatic rings. The highest BCUT2D eigenvalue weighted by Gasteiger charge is 2.27. The van der Waals surface area contributed by atoms with Crippen LogP contribution in [0.15, 0.2) is 54.6 Å². The van der Waals surface area contributed by atoms with Crippen LogP contribution >= 0.6 is 0 Å². The van der Waals surface area contributed by atoms with Gasteiger partial charge in [0.05, 0.1) is 0 Å². The number of hydrogen-bond acceptors (Lipinski definition) is 4. The summed E-state index contributed by atoms with van der Waals surface area (Å²) < 4.78 is 5.25. The molecular formula is C20H22N2O4. The van der Waals surface area contributed by atoms with Crippen molar-refractivity contribution in [2.24, 2.45) is 0 Å². The molecule has 0 bridgehead atoms. The Kier molecular flexibility index (Phi) is 6.49. The number of rotatable bonds is 6. The van der Waals surface area contributed by atoms with Crippen LogP contribution in [0, 0.1) is 0 Å². The molecule has 0 aromatic heterocycles. The lowest BCUT2D eigenvalue weighted by Crippen LogP contribution is -2.33. The summed E-state index contributed by atoms with van der Waals surface area (Å²) in [6.07, 6.45) is -1.01. The van der Waals surface area contributed by atoms with Gasteiger partial charge in [-0.2, -0.15) is 0 Å². The monoisotopic (exact) mass is 354 g/mol. The van der Waals surface area contributed by atoms with E-state index in [-0.39, 0.29) is 18.4 Å². The van der Waals surface area contributed by atoms with Crippen LogP contribution in [-0.4, -0.2) is 29.7 Å². The highest BCUT2D eigenvalue weighted by Crippen LogP contribution is 2.23. The Morgan fingerprint density at radius 3 is 2.23 bits per heavy atom. The van der Waals surface area contributed by atoms with E-state index in [0.717, 1.165) is 5.56 Å². The van der Waals surface area contributed by atoms with Crippen molar-refractivity contribution in [1.29, 1.82) is 0 Å². The first-order chi connectivity index (χ1) is 12.4. The van der Waals surface area contributed by atoms with Gasteiger partial charge in [-0.3, -0.25) is 14.4 Å². The topological polar surface area (TPSA) is 75.7 Å². The number of carbonyl (C=O) groups is 3. The molecule has 0 heterocycles. The van der Waals surface area contributed by atoms with Crippen molar-refractivity contribution in [2.75, 3.05) is 12.4 Å². The summed E-state index contributed by atoms with van der Waals surface area (Å²) in [6.45, 7) is 2.97. The van der Waals surface area contributed by atoms with E-state index in [1.165, 1.54) is 18.7 Å². The van der Waals surface area contributed by atoms with Crippen LogP contribution in [0.25, 0.3) is 0 Å². The van der Waals surface area contributed by atoms with Gasteiger partial charge in [0, 0.05) is 38.7 Å². The van der Waals surface area contributed by atoms with Crippen molar-refractivity contribution >= 4 is 23.5 Å². The number of carbonyl (C=O) groups excluding carboxylic acids is 3. The zero-order valence-electron chi connectivity index (χ0n) is 15.1. The number of nitrogens with zero attached hydrogens (tertiary/aromatic N) is 1. The summed E-state index contributed by atoms with van der Waals surface area (Å²) in [6, 6.07) is 16.1. The van der Waals surface area contributed by atoms with Crippen LogP contribution in [0.2, 0.25) is 0 Å². The predicted octanol–water partition coefficient (Wildman–Crippen LogP) is 2.91. The largest absolute Gasteiger partial charge is 0.447 e. The van der Waals surface area contributed by atoms with E-state index < -0.39 is 12.1 Å². The number of amides is 2. The number of anilines is 1. The molecule has 0 saturated carbocycles. The molecule has 1 atom stereocenters. The molecule has 1 N–H and O–H groups in total. The molecule has 2 aromatic carbocycles. The number of ether oxygens (including phenoxy) is 1. The van der Waals surface area contributed by atoms with Gasteiger partial charge in [-0.05, 0) is 11.6 Å². The third kappa shape index (κ3) is 5.17. The Balaban J connectivity index is 2.21. The van der Waals surface area contributed by atoms with Gasteiger partial charge in [0.25, 0.3) is 5.91 Å². The highest BCUT2D eigenvalue weighted by atomic mass is 16.5. The van der Waals surface area contributed by atoms with Crippen LogP contribution in [0.4, 0.5) is 5.69 Å². The van der Waals surface area contributed by atoms with Gasteiger partial charge in [0.15, 0.2) is 0 Å². The van der Waals surface area contributed by atoms with Crippen LogP contribution in [0.5, 0.6) is 0 Å². The quantitative estimate of drug-likeness (QED) is 0.810. The number of hydrogen-bond donors (Lipinski definition) is 1. The Morgan fingerprint density at radius 1 is 1.00 bits per heavy atom. The average Bonchev–Trinajstić information content (AvgIpc) is 2.61. The molecule has 2 amide bonds. The average molecular weight is 354 g/mol. The van der Waals surface area contributed by atoms with Gasteiger partial charge in [-0.1, -0.05) is 48.5 Å². The fraction of sp³-hybridized carbons (Fsp3) is 0.250. The van der Waals surface area contributed by atoms with Gasteiger partial charge in [0.2, 0.25) is 12.0 Å². The molecule has 0 unspecified atom stereocenters. The standard InChI is InChI=1S/C20H22N2O4/c1-14(23)21-18-12-8-7-11-17(18)13-22(3)20(25)19(26-15(2)24)16-9-5-4-6-10-16/h4-12,19H,13H2,1-3H3,(H,21,23)/t19-/m0/s1. The van der Waals surface area contributed by atoms with Crippen LogP contribution < -0.4 is 5.32 Å². The first-order valence-electron chi connectivity index (χ1n) is 8.21. The van der Waals surface area contributed by atoms with Crippen molar-refractivity contribution in [2.45, 2.75) is 26.5 Å². The molecule has 0 aliphatic carbocycles. The summed E-state index contributed by atoms with van der Waals surface area (Å²) in [5.41, 5.74) is 2.03. The Labute approximate surface area is 152 Å². The summed E-state index contributed by atoms with van der Waals surface area (Å²) in [5, 5.41) is 2.75. The number of nitrogens with one attached hydrogen (secondary N) is 1. The minimum Gasteiger partial charge on any atom is -0.447 e. The van der Waals surface area contributed by atoms with Crippen LogP contribution in [0.1, 0.15) is 31.1 Å². The second-order valence-corrected chi connectivity index (χ2v) is 5.93. The smallest absolute Gasteiger partial charge is 0.303 e. The maximum absolute atomic E-state index is 12.9. The van der Waals surface area contributed by atoms with Gasteiger partial charge < -0.3 is 15.0 Å². The van der Waals surface area contributed by atoms with E-state index in [2.05, 4.69) is 5.32 Å². The summed E-state index contributed by atoms with van der Waals surface area (Å²) in [5.74, 6) is -1.06. The van der Waals surface area contributed by atoms with E-state index >= 15 is 0 Å². The van der Waals surface area contributed by atoms with Gasteiger partial charge in [-0.25, -0.2) is 0 Å². The molecule has 26 heavy (non-hydrogen) atoms. The van der Waals surface area contributed by atoms with Crippen LogP contribution in [0.3, 0.4) is 0 Å². The van der Waals surface area contributed by atoms with Gasteiger partial charge in [-0.15, -0.1) is 0 Å². The molecular weight excluding hydrogens is 332 g/mol. The number of esters is 1. The molecule has 2 rings (SSSR count). The van der Waals surface area contributed by atoms with Crippen molar-refractivity contribution in [1.82, 2.24) is 4.90 Å². The van der Waals surface area contributed by atoms with Gasteiger partial charge in [0.1, 0.15) is 0 Å². The lowest BCUT2D eigenvalue weighted by atomic mass is 10.1.